The predicted octanol–water partition coefficient (Wildman–Crippen LogP) is 3.27. The Hall–Kier alpha value is -1.74. The summed E-state index contributed by atoms with van der Waals surface area (Å²) in [6.45, 7) is 9.12. The number of hydrogen-bond acceptors (Lipinski definition) is 3. The van der Waals surface area contributed by atoms with Crippen LogP contribution in [0.25, 0.3) is 11.3 Å². The molecule has 0 saturated heterocycles. The summed E-state index contributed by atoms with van der Waals surface area (Å²) in [5, 5.41) is 0. The van der Waals surface area contributed by atoms with Gasteiger partial charge in [0.25, 0.3) is 0 Å². The van der Waals surface area contributed by atoms with Crippen LogP contribution in [-0.4, -0.2) is 16.5 Å². The molecule has 0 saturated carbocycles. The molecule has 1 heterocycles. The van der Waals surface area contributed by atoms with Crippen LogP contribution in [0.1, 0.15) is 34.6 Å². The van der Waals surface area contributed by atoms with Gasteiger partial charge in [0.1, 0.15) is 5.82 Å². The Morgan fingerprint density at radius 2 is 1.60 bits per heavy atom. The van der Waals surface area contributed by atoms with Crippen molar-refractivity contribution in [2.45, 2.75) is 40.5 Å². The van der Waals surface area contributed by atoms with Crippen LogP contribution in [0, 0.1) is 27.7 Å². The quantitative estimate of drug-likeness (QED) is 0.926. The van der Waals surface area contributed by atoms with Crippen LogP contribution in [0.4, 0.5) is 0 Å². The topological polar surface area (TPSA) is 51.8 Å². The Balaban J connectivity index is 2.47. The predicted molar refractivity (Wildman–Crippen MR) is 83.8 cm³/mol. The Kier molecular flexibility index (Phi) is 4.50. The zero-order valence-electron chi connectivity index (χ0n) is 12.8. The molecule has 2 N–H and O–H groups in total. The second-order valence-electron chi connectivity index (χ2n) is 5.45. The first-order valence-corrected chi connectivity index (χ1v) is 7.14. The maximum Gasteiger partial charge on any atom is 0.129 e. The van der Waals surface area contributed by atoms with E-state index in [4.69, 9.17) is 10.7 Å². The lowest BCUT2D eigenvalue weighted by Crippen LogP contribution is -2.05. The van der Waals surface area contributed by atoms with Crippen LogP contribution < -0.4 is 5.73 Å². The van der Waals surface area contributed by atoms with E-state index in [0.717, 1.165) is 30.1 Å². The van der Waals surface area contributed by atoms with Crippen LogP contribution in [0.3, 0.4) is 0 Å². The highest BCUT2D eigenvalue weighted by atomic mass is 14.9. The second kappa shape index (κ2) is 6.14. The lowest BCUT2D eigenvalue weighted by molar-refractivity contribution is 0.776. The summed E-state index contributed by atoms with van der Waals surface area (Å²) >= 11 is 0. The number of nitrogens with two attached hydrogens (primary N) is 1. The highest BCUT2D eigenvalue weighted by molar-refractivity contribution is 5.65. The van der Waals surface area contributed by atoms with Gasteiger partial charge in [-0.25, -0.2) is 9.97 Å². The molecule has 2 rings (SSSR count). The van der Waals surface area contributed by atoms with E-state index in [1.807, 2.05) is 6.92 Å². The molecule has 2 aromatic rings. The van der Waals surface area contributed by atoms with Gasteiger partial charge in [-0.15, -0.1) is 0 Å². The Morgan fingerprint density at radius 1 is 0.900 bits per heavy atom. The Labute approximate surface area is 121 Å². The van der Waals surface area contributed by atoms with Gasteiger partial charge in [0.05, 0.1) is 5.69 Å². The SMILES string of the molecule is Cc1cc(-c2cc(C)c(C)cc2C)nc(CCCN)n1. The third-order valence-electron chi connectivity index (χ3n) is 3.62. The molecule has 3 heteroatoms. The fourth-order valence-electron chi connectivity index (χ4n) is 2.38. The molecule has 0 atom stereocenters. The summed E-state index contributed by atoms with van der Waals surface area (Å²) in [5.74, 6) is 0.892. The first kappa shape index (κ1) is 14.7. The largest absolute Gasteiger partial charge is 0.330 e. The molecule has 1 aromatic heterocycles. The molecule has 0 radical (unpaired) electrons. The summed E-state index contributed by atoms with van der Waals surface area (Å²) < 4.78 is 0. The third kappa shape index (κ3) is 3.23. The molecule has 0 aliphatic rings. The minimum absolute atomic E-state index is 0.676. The minimum atomic E-state index is 0.676. The van der Waals surface area contributed by atoms with Gasteiger partial charge in [-0.3, -0.25) is 0 Å². The van der Waals surface area contributed by atoms with Crippen molar-refractivity contribution in [3.05, 3.63) is 46.4 Å². The molecule has 1 aromatic carbocycles. The lowest BCUT2D eigenvalue weighted by Gasteiger charge is -2.11. The van der Waals surface area contributed by atoms with Gasteiger partial charge in [-0.2, -0.15) is 0 Å². The van der Waals surface area contributed by atoms with E-state index in [2.05, 4.69) is 44.0 Å². The fraction of sp³-hybridized carbons (Fsp3) is 0.412. The van der Waals surface area contributed by atoms with E-state index in [1.54, 1.807) is 0 Å². The molecule has 0 aliphatic heterocycles. The zero-order chi connectivity index (χ0) is 14.7. The van der Waals surface area contributed by atoms with Crippen LogP contribution >= 0.6 is 0 Å². The zero-order valence-corrected chi connectivity index (χ0v) is 12.8. The van der Waals surface area contributed by atoms with E-state index in [1.165, 1.54) is 22.3 Å². The second-order valence-corrected chi connectivity index (χ2v) is 5.45. The maximum absolute atomic E-state index is 5.57. The molecule has 3 nitrogen and oxygen atoms in total. The van der Waals surface area contributed by atoms with Crippen molar-refractivity contribution in [3.63, 3.8) is 0 Å². The van der Waals surface area contributed by atoms with E-state index in [0.29, 0.717) is 6.54 Å². The fourth-order valence-corrected chi connectivity index (χ4v) is 2.38. The van der Waals surface area contributed by atoms with Crippen molar-refractivity contribution >= 4 is 0 Å². The minimum Gasteiger partial charge on any atom is -0.330 e. The standard InChI is InChI=1S/C17H23N3/c1-11-8-13(3)15(9-12(11)2)16-10-14(4)19-17(20-16)6-5-7-18/h8-10H,5-7,18H2,1-4H3. The summed E-state index contributed by atoms with van der Waals surface area (Å²) in [5.41, 5.74) is 12.7. The van der Waals surface area contributed by atoms with Crippen molar-refractivity contribution in [3.8, 4) is 11.3 Å². The van der Waals surface area contributed by atoms with Crippen molar-refractivity contribution in [1.82, 2.24) is 9.97 Å². The first-order chi connectivity index (χ1) is 9.51. The third-order valence-corrected chi connectivity index (χ3v) is 3.62. The van der Waals surface area contributed by atoms with Gasteiger partial charge < -0.3 is 5.73 Å². The highest BCUT2D eigenvalue weighted by Gasteiger charge is 2.09. The molecule has 0 unspecified atom stereocenters. The van der Waals surface area contributed by atoms with Gasteiger partial charge >= 0.3 is 0 Å². The molecule has 0 amide bonds. The molecule has 0 fully saturated rings. The number of rotatable bonds is 4. The number of benzene rings is 1. The van der Waals surface area contributed by atoms with Crippen LogP contribution in [-0.2, 0) is 6.42 Å². The number of aromatic nitrogens is 2. The normalized spacial score (nSPS) is 10.8. The molecule has 0 aliphatic carbocycles. The van der Waals surface area contributed by atoms with Crippen LogP contribution in [0.15, 0.2) is 18.2 Å². The van der Waals surface area contributed by atoms with Crippen LogP contribution in [0.5, 0.6) is 0 Å². The molecule has 20 heavy (non-hydrogen) atoms. The Morgan fingerprint density at radius 3 is 2.30 bits per heavy atom. The average Bonchev–Trinajstić information content (AvgIpc) is 2.40. The summed E-state index contributed by atoms with van der Waals surface area (Å²) in [6.07, 6.45) is 1.77. The molecular weight excluding hydrogens is 246 g/mol. The van der Waals surface area contributed by atoms with Gasteiger partial charge in [-0.1, -0.05) is 6.07 Å². The molecule has 106 valence electrons. The molecule has 0 bridgehead atoms. The summed E-state index contributed by atoms with van der Waals surface area (Å²) in [4.78, 5) is 9.21. The van der Waals surface area contributed by atoms with Crippen LogP contribution in [0.2, 0.25) is 0 Å². The van der Waals surface area contributed by atoms with Gasteiger partial charge in [0, 0.05) is 17.7 Å². The average molecular weight is 269 g/mol. The number of aryl methyl sites for hydroxylation is 5. The van der Waals surface area contributed by atoms with Gasteiger partial charge in [0.15, 0.2) is 0 Å². The van der Waals surface area contributed by atoms with E-state index < -0.39 is 0 Å². The van der Waals surface area contributed by atoms with Gasteiger partial charge in [0.2, 0.25) is 0 Å². The van der Waals surface area contributed by atoms with Crippen molar-refractivity contribution in [2.24, 2.45) is 5.73 Å². The first-order valence-electron chi connectivity index (χ1n) is 7.14. The number of nitrogens with zero attached hydrogens (tertiary/aromatic N) is 2. The monoisotopic (exact) mass is 269 g/mol. The maximum atomic E-state index is 5.57. The summed E-state index contributed by atoms with van der Waals surface area (Å²) in [6, 6.07) is 6.50. The lowest BCUT2D eigenvalue weighted by atomic mass is 9.98. The van der Waals surface area contributed by atoms with E-state index >= 15 is 0 Å². The van der Waals surface area contributed by atoms with Crippen molar-refractivity contribution < 1.29 is 0 Å². The van der Waals surface area contributed by atoms with Gasteiger partial charge in [-0.05, 0) is 69.5 Å². The molecule has 0 spiro atoms. The van der Waals surface area contributed by atoms with E-state index in [-0.39, 0.29) is 0 Å². The Bertz CT molecular complexity index is 618. The smallest absolute Gasteiger partial charge is 0.129 e. The van der Waals surface area contributed by atoms with E-state index in [9.17, 15) is 0 Å². The molecular formula is C17H23N3. The van der Waals surface area contributed by atoms with Crippen molar-refractivity contribution in [1.29, 1.82) is 0 Å². The highest BCUT2D eigenvalue weighted by Crippen LogP contribution is 2.25. The van der Waals surface area contributed by atoms with Crippen molar-refractivity contribution in [2.75, 3.05) is 6.54 Å². The summed E-state index contributed by atoms with van der Waals surface area (Å²) in [7, 11) is 0. The number of hydrogen-bond donors (Lipinski definition) is 1.